The first-order chi connectivity index (χ1) is 11.3. The molecular weight excluding hydrogens is 288 g/mol. The van der Waals surface area contributed by atoms with Crippen molar-refractivity contribution >= 4 is 0 Å². The molecule has 1 aliphatic heterocycles. The van der Waals surface area contributed by atoms with Gasteiger partial charge in [-0.15, -0.1) is 5.10 Å². The monoisotopic (exact) mass is 306 g/mol. The van der Waals surface area contributed by atoms with Crippen molar-refractivity contribution < 1.29 is 4.74 Å². The summed E-state index contributed by atoms with van der Waals surface area (Å²) in [5, 5.41) is 4.78. The van der Waals surface area contributed by atoms with Crippen molar-refractivity contribution in [2.75, 3.05) is 13.2 Å². The van der Waals surface area contributed by atoms with Crippen LogP contribution in [0, 0.1) is 6.92 Å². The zero-order valence-corrected chi connectivity index (χ0v) is 13.0. The lowest BCUT2D eigenvalue weighted by Crippen LogP contribution is -2.10. The molecule has 3 heterocycles. The van der Waals surface area contributed by atoms with Crippen molar-refractivity contribution in [1.82, 2.24) is 19.7 Å². The highest BCUT2D eigenvalue weighted by molar-refractivity contribution is 5.55. The maximum absolute atomic E-state index is 5.55. The number of pyridine rings is 1. The smallest absolute Gasteiger partial charge is 0.181 e. The number of ether oxygens (including phenoxy) is 1. The van der Waals surface area contributed by atoms with Crippen LogP contribution in [-0.4, -0.2) is 33.0 Å². The molecule has 0 radical (unpaired) electrons. The molecule has 3 aromatic rings. The molecule has 0 N–H and O–H groups in total. The lowest BCUT2D eigenvalue weighted by atomic mass is 10.1. The van der Waals surface area contributed by atoms with Crippen LogP contribution in [0.4, 0.5) is 0 Å². The lowest BCUT2D eigenvalue weighted by Gasteiger charge is -2.11. The first kappa shape index (κ1) is 14.1. The van der Waals surface area contributed by atoms with E-state index in [1.165, 1.54) is 0 Å². The zero-order valence-electron chi connectivity index (χ0n) is 13.0. The Morgan fingerprint density at radius 3 is 2.78 bits per heavy atom. The fraction of sp³-hybridized carbons (Fsp3) is 0.278. The Balaban J connectivity index is 1.86. The molecule has 2 aromatic heterocycles. The van der Waals surface area contributed by atoms with Crippen LogP contribution in [0.25, 0.3) is 17.1 Å². The minimum absolute atomic E-state index is 0.285. The van der Waals surface area contributed by atoms with E-state index >= 15 is 0 Å². The Morgan fingerprint density at radius 1 is 1.17 bits per heavy atom. The van der Waals surface area contributed by atoms with Crippen LogP contribution in [0.5, 0.6) is 0 Å². The third-order valence-corrected chi connectivity index (χ3v) is 4.18. The molecule has 0 amide bonds. The second-order valence-electron chi connectivity index (χ2n) is 5.79. The maximum Gasteiger partial charge on any atom is 0.181 e. The van der Waals surface area contributed by atoms with E-state index in [4.69, 9.17) is 14.8 Å². The van der Waals surface area contributed by atoms with Gasteiger partial charge in [-0.25, -0.2) is 9.67 Å². The van der Waals surface area contributed by atoms with Crippen molar-refractivity contribution in [3.05, 3.63) is 60.2 Å². The fourth-order valence-electron chi connectivity index (χ4n) is 2.92. The van der Waals surface area contributed by atoms with E-state index < -0.39 is 0 Å². The van der Waals surface area contributed by atoms with Crippen LogP contribution in [0.1, 0.15) is 23.7 Å². The van der Waals surface area contributed by atoms with Crippen LogP contribution in [-0.2, 0) is 4.74 Å². The SMILES string of the molecule is Cc1cnccc1-n1nc(-c2ccccc2)nc1[C@H]1CCOC1. The normalized spacial score (nSPS) is 17.5. The topological polar surface area (TPSA) is 52.8 Å². The highest BCUT2D eigenvalue weighted by Gasteiger charge is 2.26. The van der Waals surface area contributed by atoms with Crippen LogP contribution in [0.3, 0.4) is 0 Å². The molecule has 4 rings (SSSR count). The Labute approximate surface area is 135 Å². The third kappa shape index (κ3) is 2.64. The van der Waals surface area contributed by atoms with Gasteiger partial charge in [0.1, 0.15) is 5.82 Å². The molecule has 1 aromatic carbocycles. The summed E-state index contributed by atoms with van der Waals surface area (Å²) in [7, 11) is 0. The summed E-state index contributed by atoms with van der Waals surface area (Å²) in [5.74, 6) is 2.01. The molecule has 0 unspecified atom stereocenters. The second-order valence-corrected chi connectivity index (χ2v) is 5.79. The van der Waals surface area contributed by atoms with Gasteiger partial charge in [0.05, 0.1) is 12.3 Å². The first-order valence-electron chi connectivity index (χ1n) is 7.84. The van der Waals surface area contributed by atoms with Crippen molar-refractivity contribution in [3.8, 4) is 17.1 Å². The molecule has 5 nitrogen and oxygen atoms in total. The van der Waals surface area contributed by atoms with Crippen molar-refractivity contribution in [3.63, 3.8) is 0 Å². The predicted octanol–water partition coefficient (Wildman–Crippen LogP) is 3.14. The number of nitrogens with zero attached hydrogens (tertiary/aromatic N) is 4. The van der Waals surface area contributed by atoms with E-state index in [2.05, 4.69) is 4.98 Å². The molecule has 0 aliphatic carbocycles. The van der Waals surface area contributed by atoms with E-state index in [0.717, 1.165) is 41.5 Å². The van der Waals surface area contributed by atoms with Gasteiger partial charge in [-0.2, -0.15) is 0 Å². The Hall–Kier alpha value is -2.53. The summed E-state index contributed by atoms with van der Waals surface area (Å²) in [6.07, 6.45) is 4.63. The molecule has 23 heavy (non-hydrogen) atoms. The van der Waals surface area contributed by atoms with Crippen LogP contribution in [0.2, 0.25) is 0 Å². The van der Waals surface area contributed by atoms with Gasteiger partial charge in [-0.05, 0) is 25.0 Å². The summed E-state index contributed by atoms with van der Waals surface area (Å²) < 4.78 is 7.51. The summed E-state index contributed by atoms with van der Waals surface area (Å²) >= 11 is 0. The van der Waals surface area contributed by atoms with Crippen molar-refractivity contribution in [1.29, 1.82) is 0 Å². The van der Waals surface area contributed by atoms with E-state index in [-0.39, 0.29) is 5.92 Å². The van der Waals surface area contributed by atoms with Gasteiger partial charge in [-0.1, -0.05) is 30.3 Å². The highest BCUT2D eigenvalue weighted by Crippen LogP contribution is 2.28. The van der Waals surface area contributed by atoms with Gasteiger partial charge in [0.2, 0.25) is 0 Å². The van der Waals surface area contributed by atoms with Gasteiger partial charge < -0.3 is 4.74 Å². The highest BCUT2D eigenvalue weighted by atomic mass is 16.5. The number of rotatable bonds is 3. The largest absolute Gasteiger partial charge is 0.381 e. The second kappa shape index (κ2) is 5.93. The van der Waals surface area contributed by atoms with E-state index in [0.29, 0.717) is 6.61 Å². The van der Waals surface area contributed by atoms with E-state index in [1.54, 1.807) is 6.20 Å². The zero-order chi connectivity index (χ0) is 15.6. The van der Waals surface area contributed by atoms with Crippen LogP contribution in [0.15, 0.2) is 48.8 Å². The summed E-state index contributed by atoms with van der Waals surface area (Å²) in [6.45, 7) is 3.53. The van der Waals surface area contributed by atoms with Gasteiger partial charge >= 0.3 is 0 Å². The number of aryl methyl sites for hydroxylation is 1. The number of hydrogen-bond donors (Lipinski definition) is 0. The number of benzene rings is 1. The van der Waals surface area contributed by atoms with Gasteiger partial charge in [0, 0.05) is 30.5 Å². The molecule has 0 spiro atoms. The molecule has 1 aliphatic rings. The van der Waals surface area contributed by atoms with Crippen LogP contribution >= 0.6 is 0 Å². The standard InChI is InChI=1S/C18H18N4O/c1-13-11-19-9-7-16(13)22-18(15-8-10-23-12-15)20-17(21-22)14-5-3-2-4-6-14/h2-7,9,11,15H,8,10,12H2,1H3/t15-/m0/s1. The predicted molar refractivity (Wildman–Crippen MR) is 87.5 cm³/mol. The molecule has 1 atom stereocenters. The van der Waals surface area contributed by atoms with E-state index in [1.807, 2.05) is 54.2 Å². The molecule has 0 saturated carbocycles. The van der Waals surface area contributed by atoms with Crippen molar-refractivity contribution in [2.24, 2.45) is 0 Å². The number of hydrogen-bond acceptors (Lipinski definition) is 4. The fourth-order valence-corrected chi connectivity index (χ4v) is 2.92. The lowest BCUT2D eigenvalue weighted by molar-refractivity contribution is 0.193. The van der Waals surface area contributed by atoms with E-state index in [9.17, 15) is 0 Å². The van der Waals surface area contributed by atoms with Gasteiger partial charge in [0.15, 0.2) is 5.82 Å². The Morgan fingerprint density at radius 2 is 2.04 bits per heavy atom. The first-order valence-corrected chi connectivity index (χ1v) is 7.84. The molecule has 0 bridgehead atoms. The summed E-state index contributed by atoms with van der Waals surface area (Å²) in [4.78, 5) is 9.01. The molecule has 116 valence electrons. The average Bonchev–Trinajstić information content (AvgIpc) is 3.25. The molecule has 1 fully saturated rings. The Kier molecular flexibility index (Phi) is 3.63. The third-order valence-electron chi connectivity index (χ3n) is 4.18. The van der Waals surface area contributed by atoms with Crippen molar-refractivity contribution in [2.45, 2.75) is 19.3 Å². The molecule has 1 saturated heterocycles. The quantitative estimate of drug-likeness (QED) is 0.746. The Bertz CT molecular complexity index is 807. The maximum atomic E-state index is 5.55. The van der Waals surface area contributed by atoms with Crippen LogP contribution < -0.4 is 0 Å². The molecular formula is C18H18N4O. The minimum atomic E-state index is 0.285. The minimum Gasteiger partial charge on any atom is -0.381 e. The number of aromatic nitrogens is 4. The summed E-state index contributed by atoms with van der Waals surface area (Å²) in [6, 6.07) is 12.1. The molecule has 5 heteroatoms. The van der Waals surface area contributed by atoms with Gasteiger partial charge in [0.25, 0.3) is 0 Å². The van der Waals surface area contributed by atoms with Gasteiger partial charge in [-0.3, -0.25) is 4.98 Å². The summed E-state index contributed by atoms with van der Waals surface area (Å²) in [5.41, 5.74) is 3.13. The average molecular weight is 306 g/mol.